The average molecular weight is 257 g/mol. The van der Waals surface area contributed by atoms with E-state index in [1.807, 2.05) is 0 Å². The maximum Gasteiger partial charge on any atom is 0.170 e. The molecule has 1 aromatic carbocycles. The van der Waals surface area contributed by atoms with Crippen molar-refractivity contribution in [2.75, 3.05) is 0 Å². The second kappa shape index (κ2) is 3.81. The molecule has 0 heterocycles. The first-order chi connectivity index (χ1) is 6.70. The topological polar surface area (TPSA) is 17.1 Å². The molecule has 0 atom stereocenters. The molecule has 14 heavy (non-hydrogen) atoms. The third kappa shape index (κ3) is 1.61. The maximum absolute atomic E-state index is 13.4. The molecule has 0 unspecified atom stereocenters. The first-order valence-corrected chi connectivity index (χ1v) is 5.47. The van der Waals surface area contributed by atoms with E-state index in [-0.39, 0.29) is 17.3 Å². The van der Waals surface area contributed by atoms with Gasteiger partial charge in [0.2, 0.25) is 0 Å². The summed E-state index contributed by atoms with van der Waals surface area (Å²) >= 11 is 3.21. The Labute approximate surface area is 90.4 Å². The Kier molecular flexibility index (Phi) is 2.68. The molecule has 1 aliphatic rings. The van der Waals surface area contributed by atoms with Gasteiger partial charge in [0.25, 0.3) is 0 Å². The van der Waals surface area contributed by atoms with Gasteiger partial charge in [-0.05, 0) is 40.9 Å². The van der Waals surface area contributed by atoms with Crippen LogP contribution >= 0.6 is 15.9 Å². The van der Waals surface area contributed by atoms with Crippen LogP contribution in [0.15, 0.2) is 22.7 Å². The number of halogens is 2. The lowest BCUT2D eigenvalue weighted by molar-refractivity contribution is 0.0850. The van der Waals surface area contributed by atoms with E-state index in [2.05, 4.69) is 15.9 Å². The van der Waals surface area contributed by atoms with Gasteiger partial charge in [-0.1, -0.05) is 12.5 Å². The molecule has 0 saturated heterocycles. The lowest BCUT2D eigenvalue weighted by Gasteiger charge is -2.24. The van der Waals surface area contributed by atoms with Crippen molar-refractivity contribution >= 4 is 21.7 Å². The maximum atomic E-state index is 13.4. The Bertz CT molecular complexity index is 351. The van der Waals surface area contributed by atoms with E-state index in [0.29, 0.717) is 4.47 Å². The number of Topliss-reactive ketones (excluding diaryl/α,β-unsaturated/α-hetero) is 1. The van der Waals surface area contributed by atoms with Gasteiger partial charge in [0.1, 0.15) is 5.82 Å². The van der Waals surface area contributed by atoms with Crippen LogP contribution < -0.4 is 0 Å². The summed E-state index contributed by atoms with van der Waals surface area (Å²) in [5.74, 6) is -0.430. The minimum Gasteiger partial charge on any atom is -0.294 e. The Balaban J connectivity index is 2.34. The molecule has 0 amide bonds. The van der Waals surface area contributed by atoms with Crippen LogP contribution in [0.5, 0.6) is 0 Å². The van der Waals surface area contributed by atoms with Crippen molar-refractivity contribution in [2.24, 2.45) is 5.92 Å². The van der Waals surface area contributed by atoms with Gasteiger partial charge in [0, 0.05) is 10.4 Å². The molecule has 74 valence electrons. The van der Waals surface area contributed by atoms with Gasteiger partial charge in [-0.25, -0.2) is 4.39 Å². The monoisotopic (exact) mass is 256 g/mol. The number of rotatable bonds is 2. The molecule has 0 N–H and O–H groups in total. The third-order valence-corrected chi connectivity index (χ3v) is 3.35. The quantitative estimate of drug-likeness (QED) is 0.740. The highest BCUT2D eigenvalue weighted by Gasteiger charge is 2.29. The lowest BCUT2D eigenvalue weighted by Crippen LogP contribution is -2.23. The molecule has 1 aliphatic carbocycles. The minimum absolute atomic E-state index is 0.0446. The summed E-state index contributed by atoms with van der Waals surface area (Å²) in [7, 11) is 0. The number of hydrogen-bond acceptors (Lipinski definition) is 1. The Morgan fingerprint density at radius 2 is 2.14 bits per heavy atom. The lowest BCUT2D eigenvalue weighted by atomic mass is 9.80. The highest BCUT2D eigenvalue weighted by atomic mass is 79.9. The van der Waals surface area contributed by atoms with Crippen molar-refractivity contribution in [3.8, 4) is 0 Å². The van der Waals surface area contributed by atoms with Gasteiger partial charge in [-0.2, -0.15) is 0 Å². The Morgan fingerprint density at radius 3 is 2.64 bits per heavy atom. The van der Waals surface area contributed by atoms with Crippen molar-refractivity contribution in [1.82, 2.24) is 0 Å². The normalized spacial score (nSPS) is 16.4. The van der Waals surface area contributed by atoms with Crippen LogP contribution in [0.25, 0.3) is 0 Å². The van der Waals surface area contributed by atoms with E-state index in [1.165, 1.54) is 6.07 Å². The van der Waals surface area contributed by atoms with Crippen LogP contribution in [0.4, 0.5) is 4.39 Å². The highest BCUT2D eigenvalue weighted by molar-refractivity contribution is 9.10. The van der Waals surface area contributed by atoms with Gasteiger partial charge >= 0.3 is 0 Å². The van der Waals surface area contributed by atoms with Gasteiger partial charge < -0.3 is 0 Å². The van der Waals surface area contributed by atoms with E-state index in [0.717, 1.165) is 19.3 Å². The second-order valence-corrected chi connectivity index (χ2v) is 4.44. The van der Waals surface area contributed by atoms with Crippen LogP contribution in [0.2, 0.25) is 0 Å². The largest absolute Gasteiger partial charge is 0.294 e. The van der Waals surface area contributed by atoms with Crippen molar-refractivity contribution in [2.45, 2.75) is 19.3 Å². The fraction of sp³-hybridized carbons (Fsp3) is 0.364. The Hall–Kier alpha value is -0.700. The van der Waals surface area contributed by atoms with Crippen LogP contribution in [0.3, 0.4) is 0 Å². The van der Waals surface area contributed by atoms with E-state index in [1.54, 1.807) is 12.1 Å². The van der Waals surface area contributed by atoms with E-state index in [4.69, 9.17) is 0 Å². The molecule has 0 radical (unpaired) electrons. The summed E-state index contributed by atoms with van der Waals surface area (Å²) in [5.41, 5.74) is 0.220. The zero-order valence-corrected chi connectivity index (χ0v) is 9.18. The molecular formula is C11H10BrFO. The van der Waals surface area contributed by atoms with Gasteiger partial charge in [0.05, 0.1) is 5.56 Å². The number of carbonyl (C=O) groups excluding carboxylic acids is 1. The predicted octanol–water partition coefficient (Wildman–Crippen LogP) is 3.57. The first-order valence-electron chi connectivity index (χ1n) is 4.68. The van der Waals surface area contributed by atoms with Crippen LogP contribution in [0.1, 0.15) is 29.6 Å². The van der Waals surface area contributed by atoms with Gasteiger partial charge in [0.15, 0.2) is 5.78 Å². The van der Waals surface area contributed by atoms with E-state index in [9.17, 15) is 9.18 Å². The predicted molar refractivity (Wildman–Crippen MR) is 55.8 cm³/mol. The van der Waals surface area contributed by atoms with E-state index < -0.39 is 5.82 Å². The average Bonchev–Trinajstić information content (AvgIpc) is 2.00. The molecule has 0 aliphatic heterocycles. The molecule has 1 saturated carbocycles. The minimum atomic E-state index is -0.420. The van der Waals surface area contributed by atoms with Crippen molar-refractivity contribution in [3.05, 3.63) is 34.1 Å². The molecule has 0 bridgehead atoms. The fourth-order valence-electron chi connectivity index (χ4n) is 1.61. The first kappa shape index (κ1) is 9.84. The van der Waals surface area contributed by atoms with Gasteiger partial charge in [-0.15, -0.1) is 0 Å². The molecule has 1 fully saturated rings. The zero-order valence-electron chi connectivity index (χ0n) is 7.59. The second-order valence-electron chi connectivity index (χ2n) is 3.59. The molecule has 1 nitrogen and oxygen atoms in total. The van der Waals surface area contributed by atoms with Crippen molar-refractivity contribution in [1.29, 1.82) is 0 Å². The number of benzene rings is 1. The molecule has 0 spiro atoms. The summed E-state index contributed by atoms with van der Waals surface area (Å²) < 4.78 is 13.9. The van der Waals surface area contributed by atoms with Crippen LogP contribution in [-0.4, -0.2) is 5.78 Å². The van der Waals surface area contributed by atoms with Crippen molar-refractivity contribution < 1.29 is 9.18 Å². The third-order valence-electron chi connectivity index (χ3n) is 2.69. The van der Waals surface area contributed by atoms with Gasteiger partial charge in [-0.3, -0.25) is 4.79 Å². The highest BCUT2D eigenvalue weighted by Crippen LogP contribution is 2.32. The molecule has 0 aromatic heterocycles. The molecule has 2 rings (SSSR count). The summed E-state index contributed by atoms with van der Waals surface area (Å²) in [5, 5.41) is 0. The molecular weight excluding hydrogens is 247 g/mol. The van der Waals surface area contributed by atoms with Crippen molar-refractivity contribution in [3.63, 3.8) is 0 Å². The number of carbonyl (C=O) groups is 1. The summed E-state index contributed by atoms with van der Waals surface area (Å²) in [6.07, 6.45) is 2.89. The molecule has 1 aromatic rings. The van der Waals surface area contributed by atoms with Crippen LogP contribution in [0, 0.1) is 11.7 Å². The summed E-state index contributed by atoms with van der Waals surface area (Å²) in [6, 6.07) is 4.63. The summed E-state index contributed by atoms with van der Waals surface area (Å²) in [4.78, 5) is 11.8. The Morgan fingerprint density at radius 1 is 1.43 bits per heavy atom. The number of hydrogen-bond donors (Lipinski definition) is 0. The standard InChI is InChI=1S/C11H10BrFO/c12-8-5-2-6-9(13)10(8)11(14)7-3-1-4-7/h2,5-7H,1,3-4H2. The summed E-state index contributed by atoms with van der Waals surface area (Å²) in [6.45, 7) is 0. The zero-order chi connectivity index (χ0) is 10.1. The fourth-order valence-corrected chi connectivity index (χ4v) is 2.15. The SMILES string of the molecule is O=C(c1c(F)cccc1Br)C1CCC1. The van der Waals surface area contributed by atoms with Crippen LogP contribution in [-0.2, 0) is 0 Å². The smallest absolute Gasteiger partial charge is 0.170 e. The van der Waals surface area contributed by atoms with E-state index >= 15 is 0 Å². The molecule has 3 heteroatoms. The number of ketones is 1.